The second-order valence-corrected chi connectivity index (χ2v) is 10.3. The van der Waals surface area contributed by atoms with Crippen molar-refractivity contribution in [3.05, 3.63) is 0 Å². The maximum Gasteiger partial charge on any atom is 0.139 e. The highest BCUT2D eigenvalue weighted by Crippen LogP contribution is 2.57. The van der Waals surface area contributed by atoms with E-state index in [9.17, 15) is 4.79 Å². The molecule has 0 amide bonds. The lowest BCUT2D eigenvalue weighted by Gasteiger charge is -2.49. The van der Waals surface area contributed by atoms with Crippen molar-refractivity contribution in [2.75, 3.05) is 0 Å². The Morgan fingerprint density at radius 2 is 1.87 bits per heavy atom. The normalized spacial score (nSPS) is 36.3. The van der Waals surface area contributed by atoms with Gasteiger partial charge in [0.15, 0.2) is 0 Å². The number of carbonyl (C=O) groups excluding carboxylic acids is 1. The van der Waals surface area contributed by atoms with Gasteiger partial charge in [-0.05, 0) is 67.1 Å². The van der Waals surface area contributed by atoms with E-state index in [-0.39, 0.29) is 5.41 Å². The Labute approximate surface area is 145 Å². The third kappa shape index (κ3) is 3.85. The molecule has 5 atom stereocenters. The predicted molar refractivity (Wildman–Crippen MR) is 99.4 cm³/mol. The zero-order valence-electron chi connectivity index (χ0n) is 16.7. The van der Waals surface area contributed by atoms with Crippen LogP contribution in [0.3, 0.4) is 0 Å². The highest BCUT2D eigenvalue weighted by atomic mass is 16.1. The summed E-state index contributed by atoms with van der Waals surface area (Å²) in [5.41, 5.74) is 0.449. The number of hydrogen-bond donors (Lipinski definition) is 0. The highest BCUT2D eigenvalue weighted by molar-refractivity contribution is 5.87. The van der Waals surface area contributed by atoms with Crippen LogP contribution in [0.25, 0.3) is 0 Å². The molecule has 0 aromatic rings. The molecule has 0 aliphatic heterocycles. The molecule has 2 saturated carbocycles. The first-order chi connectivity index (χ1) is 10.6. The number of rotatable bonds is 5. The minimum absolute atomic E-state index is 0.0166. The Bertz CT molecular complexity index is 416. The average molecular weight is 321 g/mol. The summed E-state index contributed by atoms with van der Waals surface area (Å²) in [5.74, 6) is 4.43. The molecule has 0 aromatic carbocycles. The average Bonchev–Trinajstić information content (AvgIpc) is 2.73. The summed E-state index contributed by atoms with van der Waals surface area (Å²) in [7, 11) is 0. The van der Waals surface area contributed by atoms with Gasteiger partial charge in [-0.1, -0.05) is 54.9 Å². The van der Waals surface area contributed by atoms with Gasteiger partial charge < -0.3 is 0 Å². The number of ketones is 1. The van der Waals surface area contributed by atoms with E-state index >= 15 is 0 Å². The topological polar surface area (TPSA) is 17.1 Å². The van der Waals surface area contributed by atoms with Crippen LogP contribution in [0.1, 0.15) is 93.4 Å². The first-order valence-electron chi connectivity index (χ1n) is 10.1. The molecule has 2 aliphatic carbocycles. The molecule has 0 N–H and O–H groups in total. The summed E-state index contributed by atoms with van der Waals surface area (Å²) in [6.45, 7) is 16.6. The molecule has 1 heteroatoms. The lowest BCUT2D eigenvalue weighted by Crippen LogP contribution is -2.44. The monoisotopic (exact) mass is 320 g/mol. The lowest BCUT2D eigenvalue weighted by molar-refractivity contribution is -0.131. The van der Waals surface area contributed by atoms with Crippen LogP contribution in [0.4, 0.5) is 0 Å². The van der Waals surface area contributed by atoms with Crippen LogP contribution < -0.4 is 0 Å². The van der Waals surface area contributed by atoms with Crippen LogP contribution in [-0.4, -0.2) is 5.78 Å². The molecule has 0 bridgehead atoms. The van der Waals surface area contributed by atoms with Crippen LogP contribution in [0.5, 0.6) is 0 Å². The summed E-state index contributed by atoms with van der Waals surface area (Å²) in [5, 5.41) is 0. The van der Waals surface area contributed by atoms with Crippen LogP contribution in [-0.2, 0) is 4.79 Å². The second kappa shape index (κ2) is 6.89. The molecule has 2 aliphatic rings. The summed E-state index contributed by atoms with van der Waals surface area (Å²) >= 11 is 0. The first kappa shape index (κ1) is 19.0. The SMILES string of the molecule is CC[C@@H]1[C@H]2CCC(=O)[C@]2(C)CC[C@H]1C(CCC(C)(C)C)C(C)C. The van der Waals surface area contributed by atoms with Crippen LogP contribution in [0.15, 0.2) is 0 Å². The van der Waals surface area contributed by atoms with Crippen molar-refractivity contribution in [1.29, 1.82) is 0 Å². The van der Waals surface area contributed by atoms with Crippen molar-refractivity contribution in [3.8, 4) is 0 Å². The Hall–Kier alpha value is -0.330. The van der Waals surface area contributed by atoms with Crippen molar-refractivity contribution in [3.63, 3.8) is 0 Å². The van der Waals surface area contributed by atoms with Crippen molar-refractivity contribution in [2.24, 2.45) is 40.4 Å². The van der Waals surface area contributed by atoms with Gasteiger partial charge in [0.1, 0.15) is 5.78 Å². The van der Waals surface area contributed by atoms with Gasteiger partial charge in [-0.15, -0.1) is 0 Å². The quantitative estimate of drug-likeness (QED) is 0.564. The standard InChI is InChI=1S/C22H40O/c1-8-16-18(17(15(2)3)11-13-21(4,5)6)12-14-22(7)19(16)9-10-20(22)23/h15-19H,8-14H2,1-7H3/t16-,17?,18+,19+,22+/m0/s1. The maximum absolute atomic E-state index is 12.5. The lowest BCUT2D eigenvalue weighted by atomic mass is 9.55. The Balaban J connectivity index is 2.18. The van der Waals surface area contributed by atoms with Gasteiger partial charge in [-0.2, -0.15) is 0 Å². The Kier molecular flexibility index (Phi) is 5.69. The minimum Gasteiger partial charge on any atom is -0.299 e. The molecular formula is C22H40O. The molecule has 1 nitrogen and oxygen atoms in total. The van der Waals surface area contributed by atoms with E-state index in [1.165, 1.54) is 25.7 Å². The number of hydrogen-bond acceptors (Lipinski definition) is 1. The smallest absolute Gasteiger partial charge is 0.139 e. The van der Waals surface area contributed by atoms with Gasteiger partial charge in [-0.3, -0.25) is 4.79 Å². The molecule has 0 radical (unpaired) electrons. The number of Topliss-reactive ketones (excluding diaryl/α,β-unsaturated/α-hetero) is 1. The van der Waals surface area contributed by atoms with Crippen molar-refractivity contribution >= 4 is 5.78 Å². The molecule has 0 heterocycles. The molecule has 0 spiro atoms. The largest absolute Gasteiger partial charge is 0.299 e. The fourth-order valence-electron chi connectivity index (χ4n) is 5.85. The van der Waals surface area contributed by atoms with E-state index < -0.39 is 0 Å². The molecule has 0 saturated heterocycles. The molecule has 23 heavy (non-hydrogen) atoms. The van der Waals surface area contributed by atoms with E-state index in [2.05, 4.69) is 48.5 Å². The van der Waals surface area contributed by atoms with Crippen LogP contribution >= 0.6 is 0 Å². The summed E-state index contributed by atoms with van der Waals surface area (Å²) < 4.78 is 0. The second-order valence-electron chi connectivity index (χ2n) is 10.3. The zero-order chi connectivity index (χ0) is 17.4. The van der Waals surface area contributed by atoms with Crippen molar-refractivity contribution < 1.29 is 4.79 Å². The zero-order valence-corrected chi connectivity index (χ0v) is 16.7. The third-order valence-corrected chi connectivity index (χ3v) is 7.31. The maximum atomic E-state index is 12.5. The molecule has 134 valence electrons. The van der Waals surface area contributed by atoms with E-state index in [4.69, 9.17) is 0 Å². The number of fused-ring (bicyclic) bond motifs is 1. The van der Waals surface area contributed by atoms with Gasteiger partial charge >= 0.3 is 0 Å². The number of carbonyl (C=O) groups is 1. The van der Waals surface area contributed by atoms with Gasteiger partial charge in [0, 0.05) is 11.8 Å². The van der Waals surface area contributed by atoms with Gasteiger partial charge in [0.05, 0.1) is 0 Å². The fraction of sp³-hybridized carbons (Fsp3) is 0.955. The molecule has 2 fully saturated rings. The molecule has 0 aromatic heterocycles. The molecular weight excluding hydrogens is 280 g/mol. The summed E-state index contributed by atoms with van der Waals surface area (Å²) in [4.78, 5) is 12.5. The third-order valence-electron chi connectivity index (χ3n) is 7.31. The molecule has 1 unspecified atom stereocenters. The molecule has 2 rings (SSSR count). The minimum atomic E-state index is 0.0166. The predicted octanol–water partition coefficient (Wildman–Crippen LogP) is 6.51. The van der Waals surface area contributed by atoms with Gasteiger partial charge in [0.2, 0.25) is 0 Å². The van der Waals surface area contributed by atoms with Gasteiger partial charge in [-0.25, -0.2) is 0 Å². The van der Waals surface area contributed by atoms with Gasteiger partial charge in [0.25, 0.3) is 0 Å². The summed E-state index contributed by atoms with van der Waals surface area (Å²) in [6, 6.07) is 0. The first-order valence-corrected chi connectivity index (χ1v) is 10.1. The van der Waals surface area contributed by atoms with Crippen molar-refractivity contribution in [1.82, 2.24) is 0 Å². The Morgan fingerprint density at radius 1 is 1.22 bits per heavy atom. The van der Waals surface area contributed by atoms with E-state index in [0.717, 1.165) is 42.9 Å². The highest BCUT2D eigenvalue weighted by Gasteiger charge is 2.54. The van der Waals surface area contributed by atoms with E-state index in [1.807, 2.05) is 0 Å². The van der Waals surface area contributed by atoms with E-state index in [0.29, 0.717) is 17.1 Å². The van der Waals surface area contributed by atoms with Crippen LogP contribution in [0, 0.1) is 40.4 Å². The fourth-order valence-corrected chi connectivity index (χ4v) is 5.85. The van der Waals surface area contributed by atoms with Crippen LogP contribution in [0.2, 0.25) is 0 Å². The van der Waals surface area contributed by atoms with E-state index in [1.54, 1.807) is 0 Å². The van der Waals surface area contributed by atoms with Crippen molar-refractivity contribution in [2.45, 2.75) is 93.4 Å². The summed E-state index contributed by atoms with van der Waals surface area (Å²) in [6.07, 6.45) is 8.38. The Morgan fingerprint density at radius 3 is 2.39 bits per heavy atom.